The van der Waals surface area contributed by atoms with Crippen LogP contribution in [-0.2, 0) is 30.4 Å². The van der Waals surface area contributed by atoms with Crippen LogP contribution in [0.4, 0.5) is 0 Å². The Bertz CT molecular complexity index is 892. The summed E-state index contributed by atoms with van der Waals surface area (Å²) in [5.41, 5.74) is 11.5. The van der Waals surface area contributed by atoms with Crippen molar-refractivity contribution in [1.29, 1.82) is 0 Å². The highest BCUT2D eigenvalue weighted by atomic mass is 16.4. The van der Waals surface area contributed by atoms with Gasteiger partial charge in [0.05, 0.1) is 12.5 Å². The minimum atomic E-state index is -1.22. The molecular formula is C24H37N5O6. The van der Waals surface area contributed by atoms with Crippen molar-refractivity contribution in [2.75, 3.05) is 0 Å². The molecule has 0 aromatic heterocycles. The highest BCUT2D eigenvalue weighted by Gasteiger charge is 2.33. The summed E-state index contributed by atoms with van der Waals surface area (Å²) in [6.07, 6.45) is 0.222. The van der Waals surface area contributed by atoms with Crippen LogP contribution in [0.1, 0.15) is 46.1 Å². The Morgan fingerprint density at radius 2 is 1.43 bits per heavy atom. The molecule has 35 heavy (non-hydrogen) atoms. The van der Waals surface area contributed by atoms with E-state index in [0.717, 1.165) is 5.56 Å². The van der Waals surface area contributed by atoms with Gasteiger partial charge in [-0.25, -0.2) is 4.79 Å². The van der Waals surface area contributed by atoms with E-state index >= 15 is 0 Å². The molecule has 11 heteroatoms. The maximum Gasteiger partial charge on any atom is 0.326 e. The van der Waals surface area contributed by atoms with Crippen molar-refractivity contribution >= 4 is 29.6 Å². The van der Waals surface area contributed by atoms with Gasteiger partial charge in [-0.1, -0.05) is 64.4 Å². The number of benzene rings is 1. The number of aliphatic carboxylic acids is 1. The first-order valence-corrected chi connectivity index (χ1v) is 11.6. The van der Waals surface area contributed by atoms with E-state index in [1.54, 1.807) is 51.1 Å². The third-order valence-electron chi connectivity index (χ3n) is 5.70. The predicted octanol–water partition coefficient (Wildman–Crippen LogP) is -0.327. The van der Waals surface area contributed by atoms with Crippen molar-refractivity contribution in [3.05, 3.63) is 35.9 Å². The molecule has 0 saturated heterocycles. The minimum Gasteiger partial charge on any atom is -0.480 e. The van der Waals surface area contributed by atoms with E-state index in [2.05, 4.69) is 16.0 Å². The first-order chi connectivity index (χ1) is 16.4. The molecule has 194 valence electrons. The average molecular weight is 492 g/mol. The SMILES string of the molecule is CCC(C)C(NC(=O)C(N)CC(N)=O)C(=O)NC(C(=O)NC(Cc1ccccc1)C(=O)O)C(C)C. The molecule has 4 amide bonds. The van der Waals surface area contributed by atoms with Crippen molar-refractivity contribution in [2.45, 2.75) is 71.1 Å². The molecule has 0 saturated carbocycles. The summed E-state index contributed by atoms with van der Waals surface area (Å²) in [6.45, 7) is 6.98. The van der Waals surface area contributed by atoms with Gasteiger partial charge in [0, 0.05) is 6.42 Å². The number of carbonyl (C=O) groups is 5. The molecule has 1 aromatic rings. The first kappa shape index (κ1) is 29.6. The highest BCUT2D eigenvalue weighted by molar-refractivity contribution is 5.95. The Balaban J connectivity index is 2.98. The van der Waals surface area contributed by atoms with Crippen LogP contribution in [0.5, 0.6) is 0 Å². The smallest absolute Gasteiger partial charge is 0.326 e. The maximum absolute atomic E-state index is 13.1. The lowest BCUT2D eigenvalue weighted by Crippen LogP contribution is -2.60. The van der Waals surface area contributed by atoms with Gasteiger partial charge in [0.15, 0.2) is 0 Å². The molecule has 0 radical (unpaired) electrons. The van der Waals surface area contributed by atoms with Crippen molar-refractivity contribution in [1.82, 2.24) is 16.0 Å². The summed E-state index contributed by atoms with van der Waals surface area (Å²) in [4.78, 5) is 61.3. The lowest BCUT2D eigenvalue weighted by atomic mass is 9.95. The highest BCUT2D eigenvalue weighted by Crippen LogP contribution is 2.11. The zero-order chi connectivity index (χ0) is 26.7. The number of primary amides is 1. The van der Waals surface area contributed by atoms with Gasteiger partial charge in [-0.05, 0) is 17.4 Å². The molecule has 5 unspecified atom stereocenters. The van der Waals surface area contributed by atoms with Gasteiger partial charge in [0.1, 0.15) is 18.1 Å². The molecule has 0 bridgehead atoms. The summed E-state index contributed by atoms with van der Waals surface area (Å²) < 4.78 is 0. The largest absolute Gasteiger partial charge is 0.480 e. The normalized spacial score (nSPS) is 15.3. The molecular weight excluding hydrogens is 454 g/mol. The molecule has 1 aromatic carbocycles. The molecule has 5 atom stereocenters. The van der Waals surface area contributed by atoms with E-state index < -0.39 is 53.8 Å². The van der Waals surface area contributed by atoms with E-state index in [4.69, 9.17) is 11.5 Å². The van der Waals surface area contributed by atoms with E-state index in [1.165, 1.54) is 0 Å². The fraction of sp³-hybridized carbons (Fsp3) is 0.542. The first-order valence-electron chi connectivity index (χ1n) is 11.6. The predicted molar refractivity (Wildman–Crippen MR) is 130 cm³/mol. The molecule has 0 aliphatic rings. The second kappa shape index (κ2) is 14.1. The van der Waals surface area contributed by atoms with E-state index in [1.807, 2.05) is 6.92 Å². The number of hydrogen-bond acceptors (Lipinski definition) is 6. The third kappa shape index (κ3) is 9.73. The van der Waals surface area contributed by atoms with E-state index in [-0.39, 0.29) is 24.7 Å². The number of carbonyl (C=O) groups excluding carboxylic acids is 4. The topological polar surface area (TPSA) is 194 Å². The Hall–Kier alpha value is -3.47. The second-order valence-electron chi connectivity index (χ2n) is 8.97. The zero-order valence-electron chi connectivity index (χ0n) is 20.6. The molecule has 8 N–H and O–H groups in total. The van der Waals surface area contributed by atoms with Gasteiger partial charge in [-0.2, -0.15) is 0 Å². The summed E-state index contributed by atoms with van der Waals surface area (Å²) >= 11 is 0. The summed E-state index contributed by atoms with van der Waals surface area (Å²) in [7, 11) is 0. The van der Waals surface area contributed by atoms with Crippen LogP contribution in [0.25, 0.3) is 0 Å². The van der Waals surface area contributed by atoms with Gasteiger partial charge in [-0.15, -0.1) is 0 Å². The molecule has 1 rings (SSSR count). The van der Waals surface area contributed by atoms with E-state index in [9.17, 15) is 29.1 Å². The zero-order valence-corrected chi connectivity index (χ0v) is 20.6. The molecule has 0 aliphatic carbocycles. The maximum atomic E-state index is 13.1. The number of hydrogen-bond donors (Lipinski definition) is 6. The van der Waals surface area contributed by atoms with Crippen molar-refractivity contribution in [3.8, 4) is 0 Å². The van der Waals surface area contributed by atoms with Gasteiger partial charge >= 0.3 is 5.97 Å². The Morgan fingerprint density at radius 3 is 1.91 bits per heavy atom. The number of amides is 4. The number of carboxylic acid groups (broad SMARTS) is 1. The summed E-state index contributed by atoms with van der Waals surface area (Å²) in [5, 5.41) is 17.3. The molecule has 0 spiro atoms. The van der Waals surface area contributed by atoms with Crippen LogP contribution in [0, 0.1) is 11.8 Å². The van der Waals surface area contributed by atoms with Crippen molar-refractivity contribution in [2.24, 2.45) is 23.3 Å². The lowest BCUT2D eigenvalue weighted by molar-refractivity contribution is -0.142. The number of nitrogens with one attached hydrogen (secondary N) is 3. The van der Waals surface area contributed by atoms with Crippen molar-refractivity contribution < 1.29 is 29.1 Å². The van der Waals surface area contributed by atoms with E-state index in [0.29, 0.717) is 6.42 Å². The minimum absolute atomic E-state index is 0.0734. The lowest BCUT2D eigenvalue weighted by Gasteiger charge is -2.29. The van der Waals surface area contributed by atoms with Gasteiger partial charge in [0.2, 0.25) is 23.6 Å². The molecule has 0 fully saturated rings. The Kier molecular flexibility index (Phi) is 11.9. The third-order valence-corrected chi connectivity index (χ3v) is 5.70. The van der Waals surface area contributed by atoms with Gasteiger partial charge < -0.3 is 32.5 Å². The number of rotatable bonds is 14. The van der Waals surface area contributed by atoms with Crippen LogP contribution in [0.15, 0.2) is 30.3 Å². The average Bonchev–Trinajstić information content (AvgIpc) is 2.79. The monoisotopic (exact) mass is 491 g/mol. The van der Waals surface area contributed by atoms with Crippen LogP contribution >= 0.6 is 0 Å². The van der Waals surface area contributed by atoms with Gasteiger partial charge in [0.25, 0.3) is 0 Å². The van der Waals surface area contributed by atoms with Crippen LogP contribution in [0.3, 0.4) is 0 Å². The molecule has 0 heterocycles. The molecule has 0 aliphatic heterocycles. The van der Waals surface area contributed by atoms with Crippen LogP contribution < -0.4 is 27.4 Å². The second-order valence-corrected chi connectivity index (χ2v) is 8.97. The van der Waals surface area contributed by atoms with Crippen molar-refractivity contribution in [3.63, 3.8) is 0 Å². The Morgan fingerprint density at radius 1 is 0.886 bits per heavy atom. The number of nitrogens with two attached hydrogens (primary N) is 2. The van der Waals surface area contributed by atoms with Gasteiger partial charge in [-0.3, -0.25) is 19.2 Å². The van der Waals surface area contributed by atoms with Crippen LogP contribution in [-0.4, -0.2) is 58.9 Å². The standard InChI is InChI=1S/C24H37N5O6/c1-5-14(4)20(29-21(31)16(25)12-18(26)30)23(33)28-19(13(2)3)22(32)27-17(24(34)35)11-15-9-7-6-8-10-15/h6-10,13-14,16-17,19-20H,5,11-12,25H2,1-4H3,(H2,26,30)(H,27,32)(H,28,33)(H,29,31)(H,34,35). The fourth-order valence-electron chi connectivity index (χ4n) is 3.36. The summed E-state index contributed by atoms with van der Waals surface area (Å²) in [5.74, 6) is -4.65. The fourth-order valence-corrected chi connectivity index (χ4v) is 3.36. The quantitative estimate of drug-likeness (QED) is 0.205. The molecule has 11 nitrogen and oxygen atoms in total. The summed E-state index contributed by atoms with van der Waals surface area (Å²) in [6, 6.07) is 4.36. The number of carboxylic acids is 1. The van der Waals surface area contributed by atoms with Crippen LogP contribution in [0.2, 0.25) is 0 Å². The Labute approximate surface area is 205 Å².